The third-order valence-electron chi connectivity index (χ3n) is 4.10. The SMILES string of the molecule is CCOCC(=O)N1CCC(c2cc(=O)n3[nH]ccc3n2)CC1. The summed E-state index contributed by atoms with van der Waals surface area (Å²) in [4.78, 5) is 30.3. The van der Waals surface area contributed by atoms with Crippen LogP contribution in [0.1, 0.15) is 31.4 Å². The summed E-state index contributed by atoms with van der Waals surface area (Å²) in [7, 11) is 0. The number of fused-ring (bicyclic) bond motifs is 1. The van der Waals surface area contributed by atoms with Gasteiger partial charge in [-0.3, -0.25) is 14.7 Å². The number of rotatable bonds is 4. The van der Waals surface area contributed by atoms with Gasteiger partial charge in [0.1, 0.15) is 6.61 Å². The molecule has 1 amide bonds. The van der Waals surface area contributed by atoms with E-state index in [1.165, 1.54) is 4.52 Å². The highest BCUT2D eigenvalue weighted by atomic mass is 16.5. The number of likely N-dealkylation sites (tertiary alicyclic amines) is 1. The zero-order valence-corrected chi connectivity index (χ0v) is 12.6. The van der Waals surface area contributed by atoms with Gasteiger partial charge in [0.25, 0.3) is 5.56 Å². The standard InChI is InChI=1S/C15H20N4O3/c1-2-22-10-15(21)18-7-4-11(5-8-18)12-9-14(20)19-13(17-12)3-6-16-19/h3,6,9,11,16H,2,4-5,7-8,10H2,1H3. The van der Waals surface area contributed by atoms with E-state index < -0.39 is 0 Å². The molecule has 22 heavy (non-hydrogen) atoms. The second kappa shape index (κ2) is 6.31. The van der Waals surface area contributed by atoms with Crippen LogP contribution in [0, 0.1) is 0 Å². The molecule has 118 valence electrons. The van der Waals surface area contributed by atoms with E-state index in [0.717, 1.165) is 18.5 Å². The minimum Gasteiger partial charge on any atom is -0.372 e. The third-order valence-corrected chi connectivity index (χ3v) is 4.10. The summed E-state index contributed by atoms with van der Waals surface area (Å²) in [5, 5.41) is 2.83. The molecule has 0 unspecified atom stereocenters. The number of aromatic amines is 1. The molecule has 1 N–H and O–H groups in total. The molecular weight excluding hydrogens is 284 g/mol. The maximum atomic E-state index is 12.0. The molecule has 0 aromatic carbocycles. The summed E-state index contributed by atoms with van der Waals surface area (Å²) in [6.07, 6.45) is 3.35. The van der Waals surface area contributed by atoms with Crippen LogP contribution >= 0.6 is 0 Å². The number of nitrogens with one attached hydrogen (secondary N) is 1. The zero-order valence-electron chi connectivity index (χ0n) is 12.6. The lowest BCUT2D eigenvalue weighted by molar-refractivity contribution is -0.137. The Kier molecular flexibility index (Phi) is 4.24. The van der Waals surface area contributed by atoms with Crippen LogP contribution in [0.2, 0.25) is 0 Å². The number of carbonyl (C=O) groups excluding carboxylic acids is 1. The minimum atomic E-state index is -0.0974. The van der Waals surface area contributed by atoms with Crippen molar-refractivity contribution in [2.45, 2.75) is 25.7 Å². The Hall–Kier alpha value is -2.15. The summed E-state index contributed by atoms with van der Waals surface area (Å²) in [6.45, 7) is 3.94. The van der Waals surface area contributed by atoms with E-state index in [4.69, 9.17) is 4.74 Å². The van der Waals surface area contributed by atoms with Crippen LogP contribution in [-0.2, 0) is 9.53 Å². The first-order chi connectivity index (χ1) is 10.7. The first-order valence-corrected chi connectivity index (χ1v) is 7.61. The Morgan fingerprint density at radius 3 is 2.95 bits per heavy atom. The van der Waals surface area contributed by atoms with Crippen molar-refractivity contribution in [1.82, 2.24) is 19.5 Å². The van der Waals surface area contributed by atoms with Crippen LogP contribution in [0.4, 0.5) is 0 Å². The quantitative estimate of drug-likeness (QED) is 0.904. The van der Waals surface area contributed by atoms with Crippen molar-refractivity contribution in [3.05, 3.63) is 34.4 Å². The van der Waals surface area contributed by atoms with Crippen LogP contribution in [-0.4, -0.2) is 51.7 Å². The van der Waals surface area contributed by atoms with Crippen molar-refractivity contribution in [3.8, 4) is 0 Å². The van der Waals surface area contributed by atoms with Gasteiger partial charge in [0, 0.05) is 43.9 Å². The number of amides is 1. The van der Waals surface area contributed by atoms with E-state index >= 15 is 0 Å². The molecule has 0 spiro atoms. The molecule has 0 saturated carbocycles. The van der Waals surface area contributed by atoms with Gasteiger partial charge in [-0.2, -0.15) is 0 Å². The van der Waals surface area contributed by atoms with E-state index in [9.17, 15) is 9.59 Å². The zero-order chi connectivity index (χ0) is 15.5. The number of nitrogens with zero attached hydrogens (tertiary/aromatic N) is 3. The van der Waals surface area contributed by atoms with Crippen molar-refractivity contribution >= 4 is 11.6 Å². The monoisotopic (exact) mass is 304 g/mol. The lowest BCUT2D eigenvalue weighted by Gasteiger charge is -2.31. The van der Waals surface area contributed by atoms with Gasteiger partial charge in [-0.25, -0.2) is 9.50 Å². The summed E-state index contributed by atoms with van der Waals surface area (Å²) in [6, 6.07) is 3.37. The molecule has 0 radical (unpaired) electrons. The molecule has 2 aromatic heterocycles. The van der Waals surface area contributed by atoms with E-state index in [1.54, 1.807) is 18.3 Å². The predicted octanol–water partition coefficient (Wildman–Crippen LogP) is 0.765. The summed E-state index contributed by atoms with van der Waals surface area (Å²) in [5.41, 5.74) is 1.36. The first-order valence-electron chi connectivity index (χ1n) is 7.61. The molecule has 1 aliphatic rings. The van der Waals surface area contributed by atoms with Crippen LogP contribution < -0.4 is 5.56 Å². The maximum absolute atomic E-state index is 12.0. The molecule has 3 heterocycles. The summed E-state index contributed by atoms with van der Waals surface area (Å²) in [5.74, 6) is 0.262. The van der Waals surface area contributed by atoms with Gasteiger partial charge in [0.15, 0.2) is 5.65 Å². The topological polar surface area (TPSA) is 79.7 Å². The van der Waals surface area contributed by atoms with Gasteiger partial charge in [-0.15, -0.1) is 0 Å². The number of aromatic nitrogens is 3. The highest BCUT2D eigenvalue weighted by Gasteiger charge is 2.25. The molecule has 0 aliphatic carbocycles. The highest BCUT2D eigenvalue weighted by molar-refractivity contribution is 5.77. The normalized spacial score (nSPS) is 16.3. The Labute approximate surface area is 127 Å². The lowest BCUT2D eigenvalue weighted by Crippen LogP contribution is -2.40. The second-order valence-corrected chi connectivity index (χ2v) is 5.47. The Bertz CT molecular complexity index is 713. The number of H-pyrrole nitrogens is 1. The molecule has 1 saturated heterocycles. The second-order valence-electron chi connectivity index (χ2n) is 5.47. The van der Waals surface area contributed by atoms with Gasteiger partial charge < -0.3 is 9.64 Å². The Morgan fingerprint density at radius 2 is 2.23 bits per heavy atom. The minimum absolute atomic E-state index is 0.0365. The fourth-order valence-corrected chi connectivity index (χ4v) is 2.86. The molecule has 2 aromatic rings. The van der Waals surface area contributed by atoms with Crippen molar-refractivity contribution < 1.29 is 9.53 Å². The van der Waals surface area contributed by atoms with E-state index in [-0.39, 0.29) is 24.0 Å². The first kappa shape index (κ1) is 14.8. The third kappa shape index (κ3) is 2.89. The molecular formula is C15H20N4O3. The molecule has 0 bridgehead atoms. The van der Waals surface area contributed by atoms with Gasteiger partial charge in [-0.05, 0) is 19.8 Å². The van der Waals surface area contributed by atoms with Crippen LogP contribution in [0.15, 0.2) is 23.1 Å². The highest BCUT2D eigenvalue weighted by Crippen LogP contribution is 2.26. The van der Waals surface area contributed by atoms with Gasteiger partial charge in [-0.1, -0.05) is 0 Å². The summed E-state index contributed by atoms with van der Waals surface area (Å²) < 4.78 is 6.58. The molecule has 1 fully saturated rings. The Morgan fingerprint density at radius 1 is 1.45 bits per heavy atom. The van der Waals surface area contributed by atoms with E-state index in [2.05, 4.69) is 10.1 Å². The Balaban J connectivity index is 1.67. The fraction of sp³-hybridized carbons (Fsp3) is 0.533. The number of piperidine rings is 1. The van der Waals surface area contributed by atoms with Crippen molar-refractivity contribution in [2.75, 3.05) is 26.3 Å². The van der Waals surface area contributed by atoms with E-state index in [1.807, 2.05) is 11.8 Å². The van der Waals surface area contributed by atoms with Crippen molar-refractivity contribution in [3.63, 3.8) is 0 Å². The smallest absolute Gasteiger partial charge is 0.272 e. The average Bonchev–Trinajstić information content (AvgIpc) is 3.02. The molecule has 7 heteroatoms. The van der Waals surface area contributed by atoms with Gasteiger partial charge in [0.05, 0.1) is 5.69 Å². The van der Waals surface area contributed by atoms with E-state index in [0.29, 0.717) is 25.3 Å². The molecule has 7 nitrogen and oxygen atoms in total. The van der Waals surface area contributed by atoms with Gasteiger partial charge >= 0.3 is 0 Å². The van der Waals surface area contributed by atoms with Crippen molar-refractivity contribution in [2.24, 2.45) is 0 Å². The molecule has 0 atom stereocenters. The number of carbonyl (C=O) groups is 1. The van der Waals surface area contributed by atoms with Crippen molar-refractivity contribution in [1.29, 1.82) is 0 Å². The number of ether oxygens (including phenoxy) is 1. The maximum Gasteiger partial charge on any atom is 0.272 e. The predicted molar refractivity (Wildman–Crippen MR) is 80.9 cm³/mol. The fourth-order valence-electron chi connectivity index (χ4n) is 2.86. The number of hydrogen-bond acceptors (Lipinski definition) is 4. The number of hydrogen-bond donors (Lipinski definition) is 1. The summed E-state index contributed by atoms with van der Waals surface area (Å²) >= 11 is 0. The van der Waals surface area contributed by atoms with Crippen LogP contribution in [0.5, 0.6) is 0 Å². The molecule has 1 aliphatic heterocycles. The average molecular weight is 304 g/mol. The largest absolute Gasteiger partial charge is 0.372 e. The van der Waals surface area contributed by atoms with Crippen LogP contribution in [0.3, 0.4) is 0 Å². The molecule has 3 rings (SSSR count). The van der Waals surface area contributed by atoms with Crippen LogP contribution in [0.25, 0.3) is 5.65 Å². The van der Waals surface area contributed by atoms with Gasteiger partial charge in [0.2, 0.25) is 5.91 Å². The lowest BCUT2D eigenvalue weighted by atomic mass is 9.93.